The number of nitrogen functional groups attached to an aromatic ring is 1. The third-order valence-electron chi connectivity index (χ3n) is 5.02. The lowest BCUT2D eigenvalue weighted by atomic mass is 10.0. The van der Waals surface area contributed by atoms with Gasteiger partial charge in [0.1, 0.15) is 11.6 Å². The van der Waals surface area contributed by atoms with Crippen LogP contribution in [0.1, 0.15) is 19.4 Å². The number of ether oxygens (including phenoxy) is 1. The maximum absolute atomic E-state index is 12.9. The van der Waals surface area contributed by atoms with Crippen LogP contribution in [0, 0.1) is 11.3 Å². The highest BCUT2D eigenvalue weighted by Crippen LogP contribution is 2.28. The van der Waals surface area contributed by atoms with Crippen molar-refractivity contribution in [2.45, 2.75) is 24.8 Å². The Kier molecular flexibility index (Phi) is 7.18. The third kappa shape index (κ3) is 5.98. The van der Waals surface area contributed by atoms with Gasteiger partial charge in [0.2, 0.25) is 0 Å². The van der Waals surface area contributed by atoms with Gasteiger partial charge in [0.25, 0.3) is 5.91 Å². The summed E-state index contributed by atoms with van der Waals surface area (Å²) in [4.78, 5) is 13.2. The topological polar surface area (TPSA) is 122 Å². The predicted octanol–water partition coefficient (Wildman–Crippen LogP) is 4.08. The van der Waals surface area contributed by atoms with Crippen molar-refractivity contribution >= 4 is 27.3 Å². The van der Waals surface area contributed by atoms with E-state index in [9.17, 15) is 13.2 Å². The molecule has 0 radical (unpaired) electrons. The molecular formula is C25H27N3O4S. The number of benzene rings is 3. The molecule has 0 heterocycles. The molecule has 7 nitrogen and oxygen atoms in total. The zero-order valence-electron chi connectivity index (χ0n) is 18.7. The summed E-state index contributed by atoms with van der Waals surface area (Å²) in [5.74, 6) is -0.0674. The molecule has 0 aliphatic rings. The lowest BCUT2D eigenvalue weighted by Gasteiger charge is -2.22. The quantitative estimate of drug-likeness (QED) is 0.342. The Hall–Kier alpha value is -3.65. The van der Waals surface area contributed by atoms with E-state index >= 15 is 0 Å². The van der Waals surface area contributed by atoms with Crippen LogP contribution in [0.25, 0.3) is 11.1 Å². The molecule has 0 fully saturated rings. The number of carbonyl (C=O) groups excluding carboxylic acids is 1. The van der Waals surface area contributed by atoms with E-state index in [1.54, 1.807) is 72.8 Å². The van der Waals surface area contributed by atoms with Crippen molar-refractivity contribution < 1.29 is 17.9 Å². The number of nitrogens with two attached hydrogens (primary N) is 1. The fourth-order valence-electron chi connectivity index (χ4n) is 3.35. The standard InChI is InChI=1S/C25H27N3O4S/c1-16(2)23(32-20-8-6-7-18(15-20)24(26)27)25(29)28-19-13-11-17(12-14-19)21-9-4-5-10-22(21)33(3,30)31/h4-16,23H,1-3H3,(H3,26,27)(H,28,29). The van der Waals surface area contributed by atoms with Crippen molar-refractivity contribution in [3.05, 3.63) is 78.4 Å². The van der Waals surface area contributed by atoms with Gasteiger partial charge in [-0.05, 0) is 41.8 Å². The number of amidine groups is 1. The van der Waals surface area contributed by atoms with Gasteiger partial charge >= 0.3 is 0 Å². The molecule has 1 atom stereocenters. The number of hydrogen-bond acceptors (Lipinski definition) is 5. The zero-order chi connectivity index (χ0) is 24.2. The predicted molar refractivity (Wildman–Crippen MR) is 130 cm³/mol. The van der Waals surface area contributed by atoms with E-state index in [4.69, 9.17) is 15.9 Å². The van der Waals surface area contributed by atoms with Gasteiger partial charge in [-0.2, -0.15) is 0 Å². The van der Waals surface area contributed by atoms with Gasteiger partial charge in [0, 0.05) is 23.1 Å². The normalized spacial score (nSPS) is 12.2. The minimum atomic E-state index is -3.38. The molecule has 3 aromatic carbocycles. The highest BCUT2D eigenvalue weighted by atomic mass is 32.2. The van der Waals surface area contributed by atoms with Crippen LogP contribution in [0.15, 0.2) is 77.7 Å². The number of rotatable bonds is 8. The first-order valence-corrected chi connectivity index (χ1v) is 12.3. The van der Waals surface area contributed by atoms with Crippen LogP contribution in [0.5, 0.6) is 5.75 Å². The maximum Gasteiger partial charge on any atom is 0.265 e. The molecular weight excluding hydrogens is 438 g/mol. The van der Waals surface area contributed by atoms with Gasteiger partial charge in [-0.1, -0.05) is 56.3 Å². The van der Waals surface area contributed by atoms with Crippen LogP contribution in [0.4, 0.5) is 5.69 Å². The van der Waals surface area contributed by atoms with Crippen LogP contribution in [-0.4, -0.2) is 32.5 Å². The first-order chi connectivity index (χ1) is 15.6. The van der Waals surface area contributed by atoms with Gasteiger partial charge in [0.15, 0.2) is 15.9 Å². The minimum absolute atomic E-state index is 0.0801. The lowest BCUT2D eigenvalue weighted by Crippen LogP contribution is -2.37. The number of nitrogens with one attached hydrogen (secondary N) is 2. The van der Waals surface area contributed by atoms with Gasteiger partial charge in [-0.15, -0.1) is 0 Å². The molecule has 0 aliphatic carbocycles. The van der Waals surface area contributed by atoms with Crippen LogP contribution in [0.3, 0.4) is 0 Å². The molecule has 0 aromatic heterocycles. The van der Waals surface area contributed by atoms with Gasteiger partial charge < -0.3 is 15.8 Å². The van der Waals surface area contributed by atoms with E-state index < -0.39 is 15.9 Å². The van der Waals surface area contributed by atoms with Gasteiger partial charge in [-0.3, -0.25) is 10.2 Å². The second kappa shape index (κ2) is 9.87. The number of sulfone groups is 1. The number of amides is 1. The average Bonchev–Trinajstić information content (AvgIpc) is 2.77. The van der Waals surface area contributed by atoms with E-state index in [0.29, 0.717) is 22.6 Å². The second-order valence-electron chi connectivity index (χ2n) is 8.06. The lowest BCUT2D eigenvalue weighted by molar-refractivity contribution is -0.124. The van der Waals surface area contributed by atoms with Crippen molar-refractivity contribution in [2.24, 2.45) is 11.7 Å². The highest BCUT2D eigenvalue weighted by Gasteiger charge is 2.25. The second-order valence-corrected chi connectivity index (χ2v) is 10.0. The van der Waals surface area contributed by atoms with E-state index in [0.717, 1.165) is 5.56 Å². The first-order valence-electron chi connectivity index (χ1n) is 10.4. The van der Waals surface area contributed by atoms with Crippen molar-refractivity contribution in [1.29, 1.82) is 5.41 Å². The summed E-state index contributed by atoms with van der Waals surface area (Å²) in [7, 11) is -3.38. The van der Waals surface area contributed by atoms with Crippen LogP contribution in [0.2, 0.25) is 0 Å². The summed E-state index contributed by atoms with van der Waals surface area (Å²) in [6, 6.07) is 20.5. The van der Waals surface area contributed by atoms with Crippen molar-refractivity contribution in [1.82, 2.24) is 0 Å². The Labute approximate surface area is 194 Å². The molecule has 0 aliphatic heterocycles. The molecule has 172 valence electrons. The zero-order valence-corrected chi connectivity index (χ0v) is 19.5. The summed E-state index contributed by atoms with van der Waals surface area (Å²) in [5.41, 5.74) is 7.95. The smallest absolute Gasteiger partial charge is 0.265 e. The Morgan fingerprint density at radius 1 is 1.00 bits per heavy atom. The van der Waals surface area contributed by atoms with E-state index in [1.165, 1.54) is 6.26 Å². The Balaban J connectivity index is 1.78. The van der Waals surface area contributed by atoms with Gasteiger partial charge in [-0.25, -0.2) is 8.42 Å². The first kappa shape index (κ1) is 24.0. The molecule has 0 saturated heterocycles. The van der Waals surface area contributed by atoms with Crippen molar-refractivity contribution in [2.75, 3.05) is 11.6 Å². The van der Waals surface area contributed by atoms with Crippen molar-refractivity contribution in [3.8, 4) is 16.9 Å². The Morgan fingerprint density at radius 3 is 2.27 bits per heavy atom. The Morgan fingerprint density at radius 2 is 1.67 bits per heavy atom. The van der Waals surface area contributed by atoms with Crippen molar-refractivity contribution in [3.63, 3.8) is 0 Å². The fourth-order valence-corrected chi connectivity index (χ4v) is 4.26. The summed E-state index contributed by atoms with van der Waals surface area (Å²) >= 11 is 0. The SMILES string of the molecule is CC(C)C(Oc1cccc(C(=N)N)c1)C(=O)Nc1ccc(-c2ccccc2S(C)(=O)=O)cc1. The van der Waals surface area contributed by atoms with E-state index in [2.05, 4.69) is 5.32 Å². The monoisotopic (exact) mass is 465 g/mol. The Bertz CT molecular complexity index is 1270. The van der Waals surface area contributed by atoms with Crippen LogP contribution < -0.4 is 15.8 Å². The molecule has 33 heavy (non-hydrogen) atoms. The molecule has 8 heteroatoms. The maximum atomic E-state index is 12.9. The third-order valence-corrected chi connectivity index (χ3v) is 6.18. The summed E-state index contributed by atoms with van der Waals surface area (Å²) in [6.07, 6.45) is 0.413. The number of hydrogen-bond donors (Lipinski definition) is 3. The summed E-state index contributed by atoms with van der Waals surface area (Å²) < 4.78 is 30.1. The van der Waals surface area contributed by atoms with E-state index in [-0.39, 0.29) is 22.6 Å². The molecule has 0 saturated carbocycles. The van der Waals surface area contributed by atoms with Gasteiger partial charge in [0.05, 0.1) is 4.90 Å². The summed E-state index contributed by atoms with van der Waals surface area (Å²) in [6.45, 7) is 3.76. The molecule has 1 amide bonds. The number of anilines is 1. The summed E-state index contributed by atoms with van der Waals surface area (Å²) in [5, 5.41) is 10.4. The van der Waals surface area contributed by atoms with Crippen LogP contribution >= 0.6 is 0 Å². The molecule has 0 bridgehead atoms. The molecule has 4 N–H and O–H groups in total. The fraction of sp³-hybridized carbons (Fsp3) is 0.200. The number of carbonyl (C=O) groups is 1. The van der Waals surface area contributed by atoms with E-state index in [1.807, 2.05) is 13.8 Å². The minimum Gasteiger partial charge on any atom is -0.480 e. The molecule has 0 spiro atoms. The molecule has 3 rings (SSSR count). The van der Waals surface area contributed by atoms with Crippen LogP contribution in [-0.2, 0) is 14.6 Å². The molecule has 3 aromatic rings. The average molecular weight is 466 g/mol. The molecule has 1 unspecified atom stereocenters. The largest absolute Gasteiger partial charge is 0.480 e. The highest BCUT2D eigenvalue weighted by molar-refractivity contribution is 7.90.